The Labute approximate surface area is 86.2 Å². The summed E-state index contributed by atoms with van der Waals surface area (Å²) < 4.78 is 5.50. The molecule has 2 heteroatoms. The lowest BCUT2D eigenvalue weighted by molar-refractivity contribution is 0.347. The van der Waals surface area contributed by atoms with E-state index in [9.17, 15) is 0 Å². The van der Waals surface area contributed by atoms with Crippen molar-refractivity contribution in [1.82, 2.24) is 0 Å². The zero-order chi connectivity index (χ0) is 10.2. The van der Waals surface area contributed by atoms with Crippen LogP contribution in [-0.4, -0.2) is 16.9 Å². The Morgan fingerprint density at radius 1 is 0.923 bits per heavy atom. The lowest BCUT2D eigenvalue weighted by atomic mass is 9.92. The maximum Gasteiger partial charge on any atom is 0.167 e. The van der Waals surface area contributed by atoms with E-state index in [0.717, 1.165) is 0 Å². The van der Waals surface area contributed by atoms with Crippen LogP contribution in [0.2, 0.25) is 5.04 Å². The molecular formula is C11H26OSi. The zero-order valence-electron chi connectivity index (χ0n) is 9.86. The fraction of sp³-hybridized carbons (Fsp3) is 1.00. The van der Waals surface area contributed by atoms with Gasteiger partial charge in [-0.25, -0.2) is 0 Å². The van der Waals surface area contributed by atoms with E-state index in [1.807, 2.05) is 7.11 Å². The summed E-state index contributed by atoms with van der Waals surface area (Å²) >= 11 is 0. The van der Waals surface area contributed by atoms with Gasteiger partial charge < -0.3 is 4.43 Å². The fourth-order valence-corrected chi connectivity index (χ4v) is 4.59. The quantitative estimate of drug-likeness (QED) is 0.549. The first kappa shape index (κ1) is 13.2. The van der Waals surface area contributed by atoms with Gasteiger partial charge in [0.15, 0.2) is 9.76 Å². The summed E-state index contributed by atoms with van der Waals surface area (Å²) in [5.74, 6) is 0. The van der Waals surface area contributed by atoms with E-state index in [4.69, 9.17) is 4.43 Å². The van der Waals surface area contributed by atoms with Crippen LogP contribution < -0.4 is 0 Å². The lowest BCUT2D eigenvalue weighted by Gasteiger charge is -2.32. The Kier molecular flexibility index (Phi) is 7.67. The van der Waals surface area contributed by atoms with E-state index in [1.54, 1.807) is 0 Å². The molecule has 0 fully saturated rings. The van der Waals surface area contributed by atoms with Crippen molar-refractivity contribution in [3.8, 4) is 0 Å². The highest BCUT2D eigenvalue weighted by atomic mass is 28.2. The van der Waals surface area contributed by atoms with Crippen molar-refractivity contribution in [3.05, 3.63) is 0 Å². The molecule has 0 aliphatic heterocycles. The van der Waals surface area contributed by atoms with Crippen molar-refractivity contribution < 1.29 is 4.43 Å². The fourth-order valence-electron chi connectivity index (χ4n) is 2.49. The molecule has 0 saturated carbocycles. The molecule has 0 unspecified atom stereocenters. The number of rotatable bonds is 8. The molecule has 0 aromatic rings. The van der Waals surface area contributed by atoms with Crippen LogP contribution in [0.15, 0.2) is 0 Å². The second-order valence-electron chi connectivity index (χ2n) is 4.18. The van der Waals surface area contributed by atoms with Crippen molar-refractivity contribution in [3.63, 3.8) is 0 Å². The SMILES string of the molecule is CCCC(CCC)(CCC)[SiH2]OC. The molecule has 0 heterocycles. The first-order valence-electron chi connectivity index (χ1n) is 5.73. The van der Waals surface area contributed by atoms with Crippen LogP contribution in [0.1, 0.15) is 59.3 Å². The van der Waals surface area contributed by atoms with E-state index in [0.29, 0.717) is 5.04 Å². The van der Waals surface area contributed by atoms with Gasteiger partial charge in [-0.3, -0.25) is 0 Å². The Morgan fingerprint density at radius 3 is 1.54 bits per heavy atom. The molecule has 0 N–H and O–H groups in total. The average Bonchev–Trinajstić information content (AvgIpc) is 2.06. The number of hydrogen-bond donors (Lipinski definition) is 0. The summed E-state index contributed by atoms with van der Waals surface area (Å²) in [5.41, 5.74) is 0. The highest BCUT2D eigenvalue weighted by Gasteiger charge is 2.27. The Bertz CT molecular complexity index is 85.1. The lowest BCUT2D eigenvalue weighted by Crippen LogP contribution is -2.22. The molecule has 0 rings (SSSR count). The first-order valence-corrected chi connectivity index (χ1v) is 7.02. The van der Waals surface area contributed by atoms with Crippen LogP contribution in [0.4, 0.5) is 0 Å². The van der Waals surface area contributed by atoms with Crippen molar-refractivity contribution >= 4 is 9.76 Å². The van der Waals surface area contributed by atoms with Crippen molar-refractivity contribution in [2.24, 2.45) is 0 Å². The average molecular weight is 202 g/mol. The second kappa shape index (κ2) is 7.57. The smallest absolute Gasteiger partial charge is 0.167 e. The van der Waals surface area contributed by atoms with Gasteiger partial charge in [0.25, 0.3) is 0 Å². The molecule has 0 aromatic carbocycles. The Balaban J connectivity index is 4.19. The molecule has 1 nitrogen and oxygen atoms in total. The molecule has 80 valence electrons. The third kappa shape index (κ3) is 4.82. The molecule has 0 aliphatic rings. The molecule has 0 amide bonds. The van der Waals surface area contributed by atoms with Crippen molar-refractivity contribution in [1.29, 1.82) is 0 Å². The third-order valence-electron chi connectivity index (χ3n) is 2.79. The molecule has 0 aliphatic carbocycles. The zero-order valence-corrected chi connectivity index (χ0v) is 11.3. The predicted octanol–water partition coefficient (Wildman–Crippen LogP) is 3.28. The van der Waals surface area contributed by atoms with E-state index >= 15 is 0 Å². The van der Waals surface area contributed by atoms with E-state index in [-0.39, 0.29) is 9.76 Å². The van der Waals surface area contributed by atoms with E-state index < -0.39 is 0 Å². The van der Waals surface area contributed by atoms with Crippen LogP contribution in [0.3, 0.4) is 0 Å². The van der Waals surface area contributed by atoms with Gasteiger partial charge in [0.1, 0.15) is 0 Å². The molecule has 0 atom stereocenters. The normalized spacial score (nSPS) is 12.9. The van der Waals surface area contributed by atoms with Gasteiger partial charge in [-0.15, -0.1) is 0 Å². The first-order chi connectivity index (χ1) is 6.24. The predicted molar refractivity (Wildman–Crippen MR) is 63.0 cm³/mol. The van der Waals surface area contributed by atoms with Gasteiger partial charge in [-0.2, -0.15) is 0 Å². The molecule has 0 bridgehead atoms. The minimum Gasteiger partial charge on any atom is -0.427 e. The summed E-state index contributed by atoms with van der Waals surface area (Å²) in [6, 6.07) is 0. The molecule has 0 aromatic heterocycles. The molecular weight excluding hydrogens is 176 g/mol. The maximum atomic E-state index is 5.50. The topological polar surface area (TPSA) is 9.23 Å². The summed E-state index contributed by atoms with van der Waals surface area (Å²) in [6.45, 7) is 6.89. The minimum absolute atomic E-state index is 0.304. The van der Waals surface area contributed by atoms with Crippen LogP contribution >= 0.6 is 0 Å². The van der Waals surface area contributed by atoms with E-state index in [2.05, 4.69) is 20.8 Å². The highest BCUT2D eigenvalue weighted by molar-refractivity contribution is 6.32. The standard InChI is InChI=1S/C11H26OSi/c1-5-8-11(9-6-2,10-7-3)13-12-4/h5-10,13H2,1-4H3. The van der Waals surface area contributed by atoms with Crippen molar-refractivity contribution in [2.45, 2.75) is 64.3 Å². The minimum atomic E-state index is -0.304. The number of hydrogen-bond acceptors (Lipinski definition) is 1. The Hall–Kier alpha value is 0.177. The largest absolute Gasteiger partial charge is 0.427 e. The summed E-state index contributed by atoms with van der Waals surface area (Å²) in [7, 11) is 1.59. The van der Waals surface area contributed by atoms with Gasteiger partial charge in [-0.05, 0) is 24.3 Å². The highest BCUT2D eigenvalue weighted by Crippen LogP contribution is 2.41. The molecule has 0 saturated heterocycles. The van der Waals surface area contributed by atoms with Crippen LogP contribution in [0, 0.1) is 0 Å². The summed E-state index contributed by atoms with van der Waals surface area (Å²) in [5, 5.41) is 0.618. The van der Waals surface area contributed by atoms with Crippen LogP contribution in [0.25, 0.3) is 0 Å². The molecule has 0 radical (unpaired) electrons. The van der Waals surface area contributed by atoms with E-state index in [1.165, 1.54) is 38.5 Å². The van der Waals surface area contributed by atoms with Crippen LogP contribution in [-0.2, 0) is 4.43 Å². The van der Waals surface area contributed by atoms with Gasteiger partial charge in [0, 0.05) is 7.11 Å². The van der Waals surface area contributed by atoms with Gasteiger partial charge >= 0.3 is 0 Å². The Morgan fingerprint density at radius 2 is 1.31 bits per heavy atom. The monoisotopic (exact) mass is 202 g/mol. The van der Waals surface area contributed by atoms with Gasteiger partial charge in [0.05, 0.1) is 0 Å². The molecule has 13 heavy (non-hydrogen) atoms. The maximum absolute atomic E-state index is 5.50. The summed E-state index contributed by atoms with van der Waals surface area (Å²) in [4.78, 5) is 0. The van der Waals surface area contributed by atoms with Gasteiger partial charge in [0.2, 0.25) is 0 Å². The van der Waals surface area contributed by atoms with Crippen molar-refractivity contribution in [2.75, 3.05) is 7.11 Å². The van der Waals surface area contributed by atoms with Crippen LogP contribution in [0.5, 0.6) is 0 Å². The third-order valence-corrected chi connectivity index (χ3v) is 4.75. The summed E-state index contributed by atoms with van der Waals surface area (Å²) in [6.07, 6.45) is 8.10. The second-order valence-corrected chi connectivity index (χ2v) is 6.55. The molecule has 0 spiro atoms. The van der Waals surface area contributed by atoms with Gasteiger partial charge in [-0.1, -0.05) is 40.0 Å².